The molecule has 1 saturated heterocycles. The maximum absolute atomic E-state index is 12.4. The van der Waals surface area contributed by atoms with Crippen LogP contribution in [0.5, 0.6) is 11.5 Å². The Morgan fingerprint density at radius 2 is 2.00 bits per heavy atom. The van der Waals surface area contributed by atoms with E-state index in [2.05, 4.69) is 10.3 Å². The average molecular weight is 341 g/mol. The van der Waals surface area contributed by atoms with Crippen molar-refractivity contribution in [3.05, 3.63) is 48.8 Å². The number of rotatable bonds is 4. The Hall–Kier alpha value is -3.09. The number of carbonyl (C=O) groups excluding carboxylic acids is 1. The van der Waals surface area contributed by atoms with Gasteiger partial charge in [0, 0.05) is 37.2 Å². The topological polar surface area (TPSA) is 91.8 Å². The number of nitrogens with one attached hydrogen (secondary N) is 1. The van der Waals surface area contributed by atoms with Crippen LogP contribution < -0.4 is 10.1 Å². The van der Waals surface area contributed by atoms with Crippen LogP contribution in [0.25, 0.3) is 0 Å². The van der Waals surface area contributed by atoms with Crippen molar-refractivity contribution in [3.63, 3.8) is 0 Å². The number of aliphatic carboxylic acids is 1. The summed E-state index contributed by atoms with van der Waals surface area (Å²) in [5, 5.41) is 11.9. The SMILES string of the molecule is O=C(O)C1CCCN(C(=O)Nc2cccc(Oc3ccncc3)c2)C1. The molecule has 1 aliphatic heterocycles. The van der Waals surface area contributed by atoms with Crippen LogP contribution >= 0.6 is 0 Å². The number of hydrogen-bond donors (Lipinski definition) is 2. The highest BCUT2D eigenvalue weighted by Crippen LogP contribution is 2.24. The minimum absolute atomic E-state index is 0.231. The van der Waals surface area contributed by atoms with E-state index in [-0.39, 0.29) is 12.6 Å². The Balaban J connectivity index is 1.63. The first-order valence-electron chi connectivity index (χ1n) is 8.08. The summed E-state index contributed by atoms with van der Waals surface area (Å²) in [5.74, 6) is -0.115. The van der Waals surface area contributed by atoms with Gasteiger partial charge in [0.05, 0.1) is 5.92 Å². The number of aromatic nitrogens is 1. The molecule has 130 valence electrons. The number of anilines is 1. The molecule has 1 aromatic carbocycles. The number of ether oxygens (including phenoxy) is 1. The van der Waals surface area contributed by atoms with E-state index < -0.39 is 11.9 Å². The highest BCUT2D eigenvalue weighted by molar-refractivity contribution is 5.90. The third-order valence-corrected chi connectivity index (χ3v) is 4.03. The zero-order valence-electron chi connectivity index (χ0n) is 13.6. The van der Waals surface area contributed by atoms with E-state index in [0.717, 1.165) is 0 Å². The van der Waals surface area contributed by atoms with E-state index in [4.69, 9.17) is 9.84 Å². The first-order chi connectivity index (χ1) is 12.1. The van der Waals surface area contributed by atoms with Crippen LogP contribution in [0, 0.1) is 5.92 Å². The molecule has 1 aliphatic rings. The Morgan fingerprint density at radius 1 is 1.20 bits per heavy atom. The molecule has 2 amide bonds. The summed E-state index contributed by atoms with van der Waals surface area (Å²) in [6.07, 6.45) is 4.57. The third kappa shape index (κ3) is 4.47. The van der Waals surface area contributed by atoms with E-state index in [1.165, 1.54) is 0 Å². The van der Waals surface area contributed by atoms with Crippen molar-refractivity contribution in [3.8, 4) is 11.5 Å². The molecular weight excluding hydrogens is 322 g/mol. The van der Waals surface area contributed by atoms with E-state index in [9.17, 15) is 9.59 Å². The van der Waals surface area contributed by atoms with Crippen LogP contribution in [-0.4, -0.2) is 40.1 Å². The van der Waals surface area contributed by atoms with Crippen LogP contribution in [0.1, 0.15) is 12.8 Å². The van der Waals surface area contributed by atoms with Crippen molar-refractivity contribution in [2.24, 2.45) is 5.92 Å². The summed E-state index contributed by atoms with van der Waals surface area (Å²) in [7, 11) is 0. The molecule has 3 rings (SSSR count). The quantitative estimate of drug-likeness (QED) is 0.891. The summed E-state index contributed by atoms with van der Waals surface area (Å²) in [6, 6.07) is 10.2. The molecule has 1 aromatic heterocycles. The van der Waals surface area contributed by atoms with Crippen LogP contribution in [0.4, 0.5) is 10.5 Å². The molecule has 2 aromatic rings. The number of nitrogens with zero attached hydrogens (tertiary/aromatic N) is 2. The minimum atomic E-state index is -0.856. The second kappa shape index (κ2) is 7.65. The van der Waals surface area contributed by atoms with Gasteiger partial charge in [-0.2, -0.15) is 0 Å². The van der Waals surface area contributed by atoms with Gasteiger partial charge in [0.15, 0.2) is 0 Å². The van der Waals surface area contributed by atoms with Gasteiger partial charge in [-0.25, -0.2) is 4.79 Å². The van der Waals surface area contributed by atoms with E-state index in [0.29, 0.717) is 36.6 Å². The number of benzene rings is 1. The fraction of sp³-hybridized carbons (Fsp3) is 0.278. The molecule has 0 spiro atoms. The maximum Gasteiger partial charge on any atom is 0.321 e. The molecule has 1 fully saturated rings. The number of pyridine rings is 1. The average Bonchev–Trinajstić information content (AvgIpc) is 2.63. The lowest BCUT2D eigenvalue weighted by Gasteiger charge is -2.30. The summed E-state index contributed by atoms with van der Waals surface area (Å²) < 4.78 is 5.71. The molecular formula is C18H19N3O4. The van der Waals surface area contributed by atoms with Crippen molar-refractivity contribution >= 4 is 17.7 Å². The van der Waals surface area contributed by atoms with Gasteiger partial charge in [-0.1, -0.05) is 6.07 Å². The van der Waals surface area contributed by atoms with Crippen LogP contribution in [0.2, 0.25) is 0 Å². The van der Waals surface area contributed by atoms with Gasteiger partial charge in [0.1, 0.15) is 11.5 Å². The van der Waals surface area contributed by atoms with Gasteiger partial charge in [0.25, 0.3) is 0 Å². The van der Waals surface area contributed by atoms with Crippen LogP contribution in [-0.2, 0) is 4.79 Å². The molecule has 25 heavy (non-hydrogen) atoms. The molecule has 0 radical (unpaired) electrons. The summed E-state index contributed by atoms with van der Waals surface area (Å²) in [6.45, 7) is 0.789. The van der Waals surface area contributed by atoms with Crippen molar-refractivity contribution in [1.29, 1.82) is 0 Å². The minimum Gasteiger partial charge on any atom is -0.481 e. The molecule has 0 bridgehead atoms. The normalized spacial score (nSPS) is 17.0. The van der Waals surface area contributed by atoms with Crippen LogP contribution in [0.15, 0.2) is 48.8 Å². The number of likely N-dealkylation sites (tertiary alicyclic amines) is 1. The van der Waals surface area contributed by atoms with Crippen molar-refractivity contribution in [2.45, 2.75) is 12.8 Å². The fourth-order valence-corrected chi connectivity index (χ4v) is 2.75. The summed E-state index contributed by atoms with van der Waals surface area (Å²) >= 11 is 0. The Bertz CT molecular complexity index is 751. The second-order valence-corrected chi connectivity index (χ2v) is 5.87. The number of amides is 2. The Kier molecular flexibility index (Phi) is 5.13. The summed E-state index contributed by atoms with van der Waals surface area (Å²) in [4.78, 5) is 29.0. The van der Waals surface area contributed by atoms with E-state index >= 15 is 0 Å². The number of carboxylic acids is 1. The van der Waals surface area contributed by atoms with Gasteiger partial charge >= 0.3 is 12.0 Å². The zero-order valence-corrected chi connectivity index (χ0v) is 13.6. The molecule has 7 nitrogen and oxygen atoms in total. The van der Waals surface area contributed by atoms with Gasteiger partial charge in [-0.3, -0.25) is 9.78 Å². The number of hydrogen-bond acceptors (Lipinski definition) is 4. The van der Waals surface area contributed by atoms with Gasteiger partial charge in [0.2, 0.25) is 0 Å². The van der Waals surface area contributed by atoms with Gasteiger partial charge in [-0.15, -0.1) is 0 Å². The largest absolute Gasteiger partial charge is 0.481 e. The first-order valence-corrected chi connectivity index (χ1v) is 8.08. The molecule has 0 aliphatic carbocycles. The standard InChI is InChI=1S/C18H19N3O4/c22-17(23)13-3-2-10-21(12-13)18(24)20-14-4-1-5-16(11-14)25-15-6-8-19-9-7-15/h1,4-9,11,13H,2-3,10,12H2,(H,20,24)(H,22,23). The predicted octanol–water partition coefficient (Wildman–Crippen LogP) is 3.20. The monoisotopic (exact) mass is 341 g/mol. The lowest BCUT2D eigenvalue weighted by atomic mass is 9.99. The number of piperidine rings is 1. The lowest BCUT2D eigenvalue weighted by Crippen LogP contribution is -2.44. The Labute approximate surface area is 145 Å². The number of carbonyl (C=O) groups is 2. The lowest BCUT2D eigenvalue weighted by molar-refractivity contribution is -0.143. The molecule has 1 atom stereocenters. The van der Waals surface area contributed by atoms with Gasteiger partial charge in [-0.05, 0) is 37.1 Å². The highest BCUT2D eigenvalue weighted by Gasteiger charge is 2.28. The third-order valence-electron chi connectivity index (χ3n) is 4.03. The second-order valence-electron chi connectivity index (χ2n) is 5.87. The molecule has 2 heterocycles. The molecule has 1 unspecified atom stereocenters. The van der Waals surface area contributed by atoms with Crippen LogP contribution in [0.3, 0.4) is 0 Å². The molecule has 0 saturated carbocycles. The number of carboxylic acid groups (broad SMARTS) is 1. The molecule has 2 N–H and O–H groups in total. The maximum atomic E-state index is 12.4. The van der Waals surface area contributed by atoms with Crippen molar-refractivity contribution < 1.29 is 19.4 Å². The first kappa shape index (κ1) is 16.8. The van der Waals surface area contributed by atoms with Gasteiger partial charge < -0.3 is 20.1 Å². The smallest absolute Gasteiger partial charge is 0.321 e. The van der Waals surface area contributed by atoms with Crippen molar-refractivity contribution in [1.82, 2.24) is 9.88 Å². The van der Waals surface area contributed by atoms with Crippen molar-refractivity contribution in [2.75, 3.05) is 18.4 Å². The highest BCUT2D eigenvalue weighted by atomic mass is 16.5. The number of urea groups is 1. The van der Waals surface area contributed by atoms with E-state index in [1.807, 2.05) is 0 Å². The molecule has 7 heteroatoms. The zero-order chi connectivity index (χ0) is 17.6. The fourth-order valence-electron chi connectivity index (χ4n) is 2.75. The predicted molar refractivity (Wildman–Crippen MR) is 91.7 cm³/mol. The summed E-state index contributed by atoms with van der Waals surface area (Å²) in [5.41, 5.74) is 0.592. The van der Waals surface area contributed by atoms with E-state index in [1.54, 1.807) is 53.7 Å². The Morgan fingerprint density at radius 3 is 2.76 bits per heavy atom.